The van der Waals surface area contributed by atoms with Crippen molar-refractivity contribution in [3.8, 4) is 0 Å². The number of alkyl halides is 3. The van der Waals surface area contributed by atoms with E-state index in [0.717, 1.165) is 6.07 Å². The number of carbonyl (C=O) groups is 1. The molecule has 23 heavy (non-hydrogen) atoms. The Bertz CT molecular complexity index is 732. The first-order valence-electron chi connectivity index (χ1n) is 6.72. The highest BCUT2D eigenvalue weighted by atomic mass is 79.9. The van der Waals surface area contributed by atoms with Crippen LogP contribution in [0.15, 0.2) is 27.1 Å². The van der Waals surface area contributed by atoms with Crippen molar-refractivity contribution in [1.82, 2.24) is 5.32 Å². The van der Waals surface area contributed by atoms with Gasteiger partial charge in [-0.05, 0) is 39.0 Å². The Balaban J connectivity index is 2.22. The van der Waals surface area contributed by atoms with Gasteiger partial charge in [-0.15, -0.1) is 0 Å². The zero-order valence-corrected chi connectivity index (χ0v) is 14.3. The third kappa shape index (κ3) is 4.63. The van der Waals surface area contributed by atoms with Gasteiger partial charge in [0, 0.05) is 9.86 Å². The number of hydrogen-bond donors (Lipinski definition) is 1. The second-order valence-corrected chi connectivity index (χ2v) is 6.85. The average molecular weight is 394 g/mol. The van der Waals surface area contributed by atoms with E-state index in [4.69, 9.17) is 9.15 Å². The Kier molecular flexibility index (Phi) is 4.66. The van der Waals surface area contributed by atoms with Crippen molar-refractivity contribution < 1.29 is 27.1 Å². The Hall–Kier alpha value is -1.70. The van der Waals surface area contributed by atoms with Crippen molar-refractivity contribution in [2.45, 2.75) is 39.1 Å². The highest BCUT2D eigenvalue weighted by Crippen LogP contribution is 2.38. The van der Waals surface area contributed by atoms with Gasteiger partial charge in [0.15, 0.2) is 0 Å². The molecule has 1 aromatic carbocycles. The molecule has 2 aromatic rings. The fourth-order valence-electron chi connectivity index (χ4n) is 1.95. The topological polar surface area (TPSA) is 51.5 Å². The van der Waals surface area contributed by atoms with Crippen LogP contribution < -0.4 is 5.32 Å². The zero-order chi connectivity index (χ0) is 17.4. The molecule has 126 valence electrons. The molecule has 0 radical (unpaired) electrons. The standard InChI is InChI=1S/C15H15BrF3NO3/c1-14(2,3)23-13(21)20-7-9-6-10-11(15(17,18)19)4-8(16)5-12(10)22-9/h4-6H,7H2,1-3H3,(H,20,21). The molecule has 8 heteroatoms. The minimum Gasteiger partial charge on any atom is -0.459 e. The number of benzene rings is 1. The number of fused-ring (bicyclic) bond motifs is 1. The van der Waals surface area contributed by atoms with Gasteiger partial charge < -0.3 is 14.5 Å². The van der Waals surface area contributed by atoms with Crippen LogP contribution >= 0.6 is 15.9 Å². The molecule has 0 spiro atoms. The molecule has 0 aliphatic carbocycles. The van der Waals surface area contributed by atoms with Crippen molar-refractivity contribution in [2.24, 2.45) is 0 Å². The van der Waals surface area contributed by atoms with Gasteiger partial charge in [-0.2, -0.15) is 13.2 Å². The molecule has 1 aromatic heterocycles. The number of rotatable bonds is 2. The van der Waals surface area contributed by atoms with E-state index in [9.17, 15) is 18.0 Å². The lowest BCUT2D eigenvalue weighted by Gasteiger charge is -2.19. The monoisotopic (exact) mass is 393 g/mol. The third-order valence-corrected chi connectivity index (χ3v) is 3.22. The van der Waals surface area contributed by atoms with E-state index < -0.39 is 23.4 Å². The van der Waals surface area contributed by atoms with Crippen LogP contribution in [0.2, 0.25) is 0 Å². The molecule has 1 amide bonds. The molecule has 0 fully saturated rings. The van der Waals surface area contributed by atoms with Gasteiger partial charge in [-0.3, -0.25) is 0 Å². The number of alkyl carbamates (subject to hydrolysis) is 1. The van der Waals surface area contributed by atoms with Crippen LogP contribution in [0.25, 0.3) is 11.0 Å². The molecule has 0 bridgehead atoms. The summed E-state index contributed by atoms with van der Waals surface area (Å²) >= 11 is 3.03. The normalized spacial score (nSPS) is 12.5. The van der Waals surface area contributed by atoms with Crippen LogP contribution in [0.5, 0.6) is 0 Å². The predicted molar refractivity (Wildman–Crippen MR) is 82.0 cm³/mol. The molecule has 0 saturated carbocycles. The van der Waals surface area contributed by atoms with E-state index in [1.165, 1.54) is 12.1 Å². The lowest BCUT2D eigenvalue weighted by molar-refractivity contribution is -0.136. The molecule has 0 saturated heterocycles. The molecule has 1 N–H and O–H groups in total. The Labute approximate surface area is 139 Å². The summed E-state index contributed by atoms with van der Waals surface area (Å²) in [6.07, 6.45) is -5.17. The number of furan rings is 1. The smallest absolute Gasteiger partial charge is 0.417 e. The summed E-state index contributed by atoms with van der Waals surface area (Å²) in [5, 5.41) is 2.39. The van der Waals surface area contributed by atoms with E-state index in [1.807, 2.05) is 0 Å². The molecule has 4 nitrogen and oxygen atoms in total. The fraction of sp³-hybridized carbons (Fsp3) is 0.400. The largest absolute Gasteiger partial charge is 0.459 e. The van der Waals surface area contributed by atoms with Gasteiger partial charge in [-0.25, -0.2) is 4.79 Å². The molecule has 0 atom stereocenters. The van der Waals surface area contributed by atoms with Crippen LogP contribution in [0.4, 0.5) is 18.0 Å². The van der Waals surface area contributed by atoms with Crippen LogP contribution in [-0.4, -0.2) is 11.7 Å². The van der Waals surface area contributed by atoms with Crippen molar-refractivity contribution in [3.63, 3.8) is 0 Å². The predicted octanol–water partition coefficient (Wildman–Crippen LogP) is 5.24. The van der Waals surface area contributed by atoms with Gasteiger partial charge >= 0.3 is 12.3 Å². The number of amides is 1. The number of carbonyl (C=O) groups excluding carboxylic acids is 1. The number of halogens is 4. The summed E-state index contributed by atoms with van der Waals surface area (Å²) < 4.78 is 49.8. The molecule has 0 unspecified atom stereocenters. The first kappa shape index (κ1) is 17.7. The van der Waals surface area contributed by atoms with Crippen LogP contribution in [0, 0.1) is 0 Å². The van der Waals surface area contributed by atoms with Crippen molar-refractivity contribution >= 4 is 33.0 Å². The zero-order valence-electron chi connectivity index (χ0n) is 12.7. The number of hydrogen-bond acceptors (Lipinski definition) is 3. The fourth-order valence-corrected chi connectivity index (χ4v) is 2.39. The number of ether oxygens (including phenoxy) is 1. The van der Waals surface area contributed by atoms with Gasteiger partial charge in [0.25, 0.3) is 0 Å². The van der Waals surface area contributed by atoms with Gasteiger partial charge in [-0.1, -0.05) is 15.9 Å². The maximum absolute atomic E-state index is 13.1. The van der Waals surface area contributed by atoms with Crippen LogP contribution in [0.1, 0.15) is 32.1 Å². The average Bonchev–Trinajstić information content (AvgIpc) is 2.74. The second kappa shape index (κ2) is 6.07. The van der Waals surface area contributed by atoms with E-state index >= 15 is 0 Å². The van der Waals surface area contributed by atoms with E-state index in [0.29, 0.717) is 0 Å². The molecule has 0 aliphatic rings. The Morgan fingerprint density at radius 2 is 1.91 bits per heavy atom. The van der Waals surface area contributed by atoms with Crippen LogP contribution in [-0.2, 0) is 17.5 Å². The lowest BCUT2D eigenvalue weighted by Crippen LogP contribution is -2.32. The summed E-state index contributed by atoms with van der Waals surface area (Å²) in [4.78, 5) is 11.6. The molecular weight excluding hydrogens is 379 g/mol. The summed E-state index contributed by atoms with van der Waals surface area (Å²) in [5.74, 6) is 0.203. The highest BCUT2D eigenvalue weighted by molar-refractivity contribution is 9.10. The summed E-state index contributed by atoms with van der Waals surface area (Å²) in [5.41, 5.74) is -1.37. The summed E-state index contributed by atoms with van der Waals surface area (Å²) in [6, 6.07) is 3.70. The van der Waals surface area contributed by atoms with Crippen molar-refractivity contribution in [3.05, 3.63) is 34.0 Å². The van der Waals surface area contributed by atoms with Crippen LogP contribution in [0.3, 0.4) is 0 Å². The van der Waals surface area contributed by atoms with Crippen molar-refractivity contribution in [2.75, 3.05) is 0 Å². The van der Waals surface area contributed by atoms with Crippen molar-refractivity contribution in [1.29, 1.82) is 0 Å². The first-order chi connectivity index (χ1) is 10.5. The minimum atomic E-state index is -4.50. The molecule has 1 heterocycles. The summed E-state index contributed by atoms with van der Waals surface area (Å²) in [7, 11) is 0. The molecule has 0 aliphatic heterocycles. The second-order valence-electron chi connectivity index (χ2n) is 5.93. The number of nitrogens with one attached hydrogen (secondary N) is 1. The Morgan fingerprint density at radius 3 is 2.48 bits per heavy atom. The van der Waals surface area contributed by atoms with E-state index in [2.05, 4.69) is 21.2 Å². The molecular formula is C15H15BrF3NO3. The quantitative estimate of drug-likeness (QED) is 0.758. The van der Waals surface area contributed by atoms with Gasteiger partial charge in [0.05, 0.1) is 12.1 Å². The van der Waals surface area contributed by atoms with Gasteiger partial charge in [0.1, 0.15) is 16.9 Å². The first-order valence-corrected chi connectivity index (χ1v) is 7.51. The van der Waals surface area contributed by atoms with E-state index in [-0.39, 0.29) is 27.7 Å². The maximum atomic E-state index is 13.1. The van der Waals surface area contributed by atoms with Gasteiger partial charge in [0.2, 0.25) is 0 Å². The summed E-state index contributed by atoms with van der Waals surface area (Å²) in [6.45, 7) is 5.06. The van der Waals surface area contributed by atoms with E-state index in [1.54, 1.807) is 20.8 Å². The maximum Gasteiger partial charge on any atom is 0.417 e. The Morgan fingerprint density at radius 1 is 1.26 bits per heavy atom. The SMILES string of the molecule is CC(C)(C)OC(=O)NCc1cc2c(C(F)(F)F)cc(Br)cc2o1. The molecule has 2 rings (SSSR count). The lowest BCUT2D eigenvalue weighted by atomic mass is 10.1. The highest BCUT2D eigenvalue weighted by Gasteiger charge is 2.34. The third-order valence-electron chi connectivity index (χ3n) is 2.76. The minimum absolute atomic E-state index is 0.0540.